The summed E-state index contributed by atoms with van der Waals surface area (Å²) in [5, 5.41) is 12.4. The summed E-state index contributed by atoms with van der Waals surface area (Å²) in [6.07, 6.45) is 0. The van der Waals surface area contributed by atoms with Crippen LogP contribution in [0.2, 0.25) is 0 Å². The van der Waals surface area contributed by atoms with Crippen molar-refractivity contribution in [2.45, 2.75) is 20.4 Å². The summed E-state index contributed by atoms with van der Waals surface area (Å²) in [6, 6.07) is 16.5. The third kappa shape index (κ3) is 2.89. The van der Waals surface area contributed by atoms with Gasteiger partial charge >= 0.3 is 0 Å². The van der Waals surface area contributed by atoms with Crippen molar-refractivity contribution in [1.82, 2.24) is 0 Å². The second kappa shape index (κ2) is 5.37. The monoisotopic (exact) mass is 236 g/mol. The number of nitrogens with zero attached hydrogens (tertiary/aromatic N) is 1. The zero-order chi connectivity index (χ0) is 13.0. The van der Waals surface area contributed by atoms with Gasteiger partial charge in [-0.25, -0.2) is 0 Å². The normalized spacial score (nSPS) is 9.83. The molecule has 0 aromatic heterocycles. The minimum absolute atomic E-state index is 0.697. The molecule has 2 heteroatoms. The highest BCUT2D eigenvalue weighted by Crippen LogP contribution is 2.17. The van der Waals surface area contributed by atoms with Gasteiger partial charge < -0.3 is 5.32 Å². The summed E-state index contributed by atoms with van der Waals surface area (Å²) in [7, 11) is 0. The fourth-order valence-electron chi connectivity index (χ4n) is 1.92. The first-order valence-electron chi connectivity index (χ1n) is 5.99. The number of anilines is 1. The van der Waals surface area contributed by atoms with Gasteiger partial charge in [0.15, 0.2) is 0 Å². The SMILES string of the molecule is Cc1cccc(CNc2ccc(C)cc2C#N)c1. The Morgan fingerprint density at radius 3 is 2.56 bits per heavy atom. The highest BCUT2D eigenvalue weighted by atomic mass is 14.9. The lowest BCUT2D eigenvalue weighted by atomic mass is 10.1. The second-order valence-corrected chi connectivity index (χ2v) is 4.50. The van der Waals surface area contributed by atoms with Crippen molar-refractivity contribution in [3.8, 4) is 6.07 Å². The minimum atomic E-state index is 0.697. The number of hydrogen-bond acceptors (Lipinski definition) is 2. The van der Waals surface area contributed by atoms with E-state index < -0.39 is 0 Å². The van der Waals surface area contributed by atoms with Crippen LogP contribution in [0.4, 0.5) is 5.69 Å². The molecule has 2 aromatic carbocycles. The van der Waals surface area contributed by atoms with Crippen molar-refractivity contribution in [3.05, 3.63) is 64.7 Å². The number of hydrogen-bond donors (Lipinski definition) is 1. The summed E-state index contributed by atoms with van der Waals surface area (Å²) in [4.78, 5) is 0. The lowest BCUT2D eigenvalue weighted by Gasteiger charge is -2.09. The summed E-state index contributed by atoms with van der Waals surface area (Å²) >= 11 is 0. The van der Waals surface area contributed by atoms with Gasteiger partial charge in [0.05, 0.1) is 11.3 Å². The van der Waals surface area contributed by atoms with Crippen molar-refractivity contribution in [1.29, 1.82) is 5.26 Å². The summed E-state index contributed by atoms with van der Waals surface area (Å²) in [5.74, 6) is 0. The first kappa shape index (κ1) is 12.2. The number of nitriles is 1. The zero-order valence-corrected chi connectivity index (χ0v) is 10.7. The van der Waals surface area contributed by atoms with Gasteiger partial charge in [-0.3, -0.25) is 0 Å². The molecule has 1 N–H and O–H groups in total. The molecule has 0 atom stereocenters. The molecular weight excluding hydrogens is 220 g/mol. The van der Waals surface area contributed by atoms with Gasteiger partial charge in [0.1, 0.15) is 6.07 Å². The molecule has 0 spiro atoms. The Morgan fingerprint density at radius 1 is 1.06 bits per heavy atom. The molecule has 0 aliphatic heterocycles. The second-order valence-electron chi connectivity index (χ2n) is 4.50. The molecule has 0 saturated heterocycles. The van der Waals surface area contributed by atoms with Gasteiger partial charge in [0.2, 0.25) is 0 Å². The van der Waals surface area contributed by atoms with E-state index >= 15 is 0 Å². The number of aryl methyl sites for hydroxylation is 2. The Morgan fingerprint density at radius 2 is 1.83 bits per heavy atom. The van der Waals surface area contributed by atoms with Gasteiger partial charge in [-0.15, -0.1) is 0 Å². The zero-order valence-electron chi connectivity index (χ0n) is 10.7. The smallest absolute Gasteiger partial charge is 0.101 e. The van der Waals surface area contributed by atoms with Crippen LogP contribution in [0.3, 0.4) is 0 Å². The highest BCUT2D eigenvalue weighted by Gasteiger charge is 2.01. The van der Waals surface area contributed by atoms with E-state index in [-0.39, 0.29) is 0 Å². The molecule has 0 heterocycles. The average molecular weight is 236 g/mol. The third-order valence-electron chi connectivity index (χ3n) is 2.86. The van der Waals surface area contributed by atoms with Crippen molar-refractivity contribution < 1.29 is 0 Å². The van der Waals surface area contributed by atoms with Crippen LogP contribution in [0.1, 0.15) is 22.3 Å². The maximum absolute atomic E-state index is 9.09. The van der Waals surface area contributed by atoms with E-state index in [4.69, 9.17) is 5.26 Å². The predicted octanol–water partition coefficient (Wildman–Crippen LogP) is 3.79. The van der Waals surface area contributed by atoms with Crippen LogP contribution in [0.5, 0.6) is 0 Å². The average Bonchev–Trinajstić information content (AvgIpc) is 2.37. The van der Waals surface area contributed by atoms with Crippen LogP contribution in [0, 0.1) is 25.2 Å². The summed E-state index contributed by atoms with van der Waals surface area (Å²) in [6.45, 7) is 4.81. The van der Waals surface area contributed by atoms with Crippen LogP contribution >= 0.6 is 0 Å². The molecule has 0 unspecified atom stereocenters. The van der Waals surface area contributed by atoms with Gasteiger partial charge in [-0.1, -0.05) is 35.9 Å². The van der Waals surface area contributed by atoms with Crippen LogP contribution in [0.25, 0.3) is 0 Å². The molecule has 0 radical (unpaired) electrons. The highest BCUT2D eigenvalue weighted by molar-refractivity contribution is 5.58. The van der Waals surface area contributed by atoms with E-state index in [1.165, 1.54) is 11.1 Å². The largest absolute Gasteiger partial charge is 0.380 e. The van der Waals surface area contributed by atoms with Crippen LogP contribution < -0.4 is 5.32 Å². The lowest BCUT2D eigenvalue weighted by molar-refractivity contribution is 1.14. The van der Waals surface area contributed by atoms with Crippen molar-refractivity contribution in [3.63, 3.8) is 0 Å². The predicted molar refractivity (Wildman–Crippen MR) is 74.4 cm³/mol. The van der Waals surface area contributed by atoms with Gasteiger partial charge in [0, 0.05) is 6.54 Å². The van der Waals surface area contributed by atoms with Crippen molar-refractivity contribution >= 4 is 5.69 Å². The molecule has 0 bridgehead atoms. The van der Waals surface area contributed by atoms with E-state index in [0.29, 0.717) is 5.56 Å². The number of nitrogens with one attached hydrogen (secondary N) is 1. The molecule has 2 aromatic rings. The molecule has 90 valence electrons. The van der Waals surface area contributed by atoms with Gasteiger partial charge in [-0.05, 0) is 37.1 Å². The van der Waals surface area contributed by atoms with Gasteiger partial charge in [0.25, 0.3) is 0 Å². The molecule has 0 amide bonds. The number of rotatable bonds is 3. The van der Waals surface area contributed by atoms with E-state index in [0.717, 1.165) is 17.8 Å². The lowest BCUT2D eigenvalue weighted by Crippen LogP contribution is -2.01. The molecule has 0 fully saturated rings. The van der Waals surface area contributed by atoms with E-state index in [9.17, 15) is 0 Å². The molecule has 0 aliphatic rings. The topological polar surface area (TPSA) is 35.8 Å². The maximum atomic E-state index is 9.09. The Labute approximate surface area is 108 Å². The standard InChI is InChI=1S/C16H16N2/c1-12-4-3-5-14(8-12)11-18-16-7-6-13(2)9-15(16)10-17/h3-9,18H,11H2,1-2H3. The Balaban J connectivity index is 2.14. The van der Waals surface area contributed by atoms with E-state index in [1.807, 2.05) is 31.2 Å². The van der Waals surface area contributed by atoms with E-state index in [2.05, 4.69) is 36.5 Å². The van der Waals surface area contributed by atoms with Crippen LogP contribution in [0.15, 0.2) is 42.5 Å². The Bertz CT molecular complexity index is 594. The number of benzene rings is 2. The molecule has 2 nitrogen and oxygen atoms in total. The maximum Gasteiger partial charge on any atom is 0.101 e. The van der Waals surface area contributed by atoms with Crippen molar-refractivity contribution in [2.75, 3.05) is 5.32 Å². The Hall–Kier alpha value is -2.27. The van der Waals surface area contributed by atoms with Crippen LogP contribution in [-0.2, 0) is 6.54 Å². The molecule has 0 aliphatic carbocycles. The molecule has 0 saturated carbocycles. The minimum Gasteiger partial charge on any atom is -0.380 e. The van der Waals surface area contributed by atoms with Crippen LogP contribution in [-0.4, -0.2) is 0 Å². The fraction of sp³-hybridized carbons (Fsp3) is 0.188. The first-order chi connectivity index (χ1) is 8.69. The summed E-state index contributed by atoms with van der Waals surface area (Å²) in [5.41, 5.74) is 5.16. The fourth-order valence-corrected chi connectivity index (χ4v) is 1.92. The molecule has 18 heavy (non-hydrogen) atoms. The quantitative estimate of drug-likeness (QED) is 0.880. The molecule has 2 rings (SSSR count). The third-order valence-corrected chi connectivity index (χ3v) is 2.86. The first-order valence-corrected chi connectivity index (χ1v) is 5.99. The summed E-state index contributed by atoms with van der Waals surface area (Å²) < 4.78 is 0. The Kier molecular flexibility index (Phi) is 3.64. The van der Waals surface area contributed by atoms with Gasteiger partial charge in [-0.2, -0.15) is 5.26 Å². The van der Waals surface area contributed by atoms with E-state index in [1.54, 1.807) is 0 Å². The van der Waals surface area contributed by atoms with Crippen molar-refractivity contribution in [2.24, 2.45) is 0 Å². The molecular formula is C16H16N2.